The fourth-order valence-corrected chi connectivity index (χ4v) is 1.28. The van der Waals surface area contributed by atoms with Crippen molar-refractivity contribution in [3.05, 3.63) is 6.42 Å². The third-order valence-electron chi connectivity index (χ3n) is 1.58. The Hall–Kier alpha value is 1.73. The van der Waals surface area contributed by atoms with Crippen LogP contribution in [0, 0.1) is 6.42 Å². The van der Waals surface area contributed by atoms with Crippen molar-refractivity contribution < 1.29 is 63.0 Å². The molecule has 0 saturated carbocycles. The van der Waals surface area contributed by atoms with Gasteiger partial charge in [0.15, 0.2) is 0 Å². The normalized spacial score (nSPS) is 26.0. The minimum atomic E-state index is -0.269. The largest absolute Gasteiger partial charge is 1.00 e. The van der Waals surface area contributed by atoms with Crippen LogP contribution in [0.5, 0.6) is 0 Å². The van der Waals surface area contributed by atoms with Crippen LogP contribution in [0.1, 0.15) is 6.42 Å². The Morgan fingerprint density at radius 1 is 1.80 bits per heavy atom. The van der Waals surface area contributed by atoms with Gasteiger partial charge in [0.25, 0.3) is 0 Å². The second kappa shape index (κ2) is 5.38. The van der Waals surface area contributed by atoms with Crippen LogP contribution in [0.2, 0.25) is 0 Å². The molecule has 2 nitrogen and oxygen atoms in total. The molecule has 4 heteroatoms. The maximum atomic E-state index is 10.5. The van der Waals surface area contributed by atoms with Gasteiger partial charge in [0.05, 0.1) is 0 Å². The zero-order chi connectivity index (χ0) is 6.85. The van der Waals surface area contributed by atoms with Crippen molar-refractivity contribution in [1.82, 2.24) is 4.90 Å². The van der Waals surface area contributed by atoms with Crippen molar-refractivity contribution in [2.24, 2.45) is 0 Å². The van der Waals surface area contributed by atoms with E-state index < -0.39 is 0 Å². The van der Waals surface area contributed by atoms with E-state index in [0.29, 0.717) is 0 Å². The molecule has 1 heterocycles. The van der Waals surface area contributed by atoms with Crippen molar-refractivity contribution in [2.75, 3.05) is 13.6 Å². The van der Waals surface area contributed by atoms with Gasteiger partial charge < -0.3 is 11.3 Å². The maximum absolute atomic E-state index is 10.5. The molecule has 0 aromatic heterocycles. The zero-order valence-corrected chi connectivity index (χ0v) is 12.0. The summed E-state index contributed by atoms with van der Waals surface area (Å²) in [6, 6.07) is -0.133. The monoisotopic (exact) mass is 231 g/mol. The number of halogens is 1. The Balaban J connectivity index is 0.000000810. The quantitative estimate of drug-likeness (QED) is 0.373. The first-order valence-corrected chi connectivity index (χ1v) is 3.32. The van der Waals surface area contributed by atoms with E-state index in [1.54, 1.807) is 0 Å². The molecule has 0 radical (unpaired) electrons. The predicted molar refractivity (Wildman–Crippen MR) is 36.2 cm³/mol. The number of likely N-dealkylation sites (tertiary alicyclic amines) is 1. The minimum Gasteiger partial charge on any atom is -0.327 e. The summed E-state index contributed by atoms with van der Waals surface area (Å²) in [7, 11) is 1.90. The van der Waals surface area contributed by atoms with Crippen molar-refractivity contribution in [2.45, 2.75) is 12.5 Å². The molecular weight excluding hydrogens is 223 g/mol. The number of carbonyl (C=O) groups is 1. The summed E-state index contributed by atoms with van der Waals surface area (Å²) in [6.45, 7) is 0.948. The van der Waals surface area contributed by atoms with Crippen LogP contribution in [0.3, 0.4) is 0 Å². The van der Waals surface area contributed by atoms with E-state index in [0.717, 1.165) is 13.0 Å². The van der Waals surface area contributed by atoms with E-state index in [9.17, 15) is 4.79 Å². The predicted octanol–water partition coefficient (Wildman–Crippen LogP) is -2.34. The Bertz CT molecular complexity index is 131. The molecule has 0 aliphatic carbocycles. The molecule has 1 fully saturated rings. The second-order valence-electron chi connectivity index (χ2n) is 2.25. The summed E-state index contributed by atoms with van der Waals surface area (Å²) < 4.78 is 0. The van der Waals surface area contributed by atoms with Gasteiger partial charge in [-0.3, -0.25) is 4.79 Å². The molecule has 1 aliphatic rings. The standard InChI is InChI=1S/C6H9ClNO.Rb/c1-8-4-2-3-5(8)6(7)9;/h3,5H,2,4H2,1H3;/q-1;+1. The van der Waals surface area contributed by atoms with Crippen molar-refractivity contribution >= 4 is 16.8 Å². The molecule has 1 saturated heterocycles. The first-order valence-electron chi connectivity index (χ1n) is 2.95. The molecule has 0 spiro atoms. The summed E-state index contributed by atoms with van der Waals surface area (Å²) in [5.41, 5.74) is 0. The molecule has 1 rings (SSSR count). The van der Waals surface area contributed by atoms with E-state index in [4.69, 9.17) is 11.6 Å². The topological polar surface area (TPSA) is 20.3 Å². The molecule has 0 bridgehead atoms. The van der Waals surface area contributed by atoms with E-state index in [1.165, 1.54) is 0 Å². The Kier molecular flexibility index (Phi) is 6.31. The fraction of sp³-hybridized carbons (Fsp3) is 0.667. The van der Waals surface area contributed by atoms with Crippen LogP contribution in [0.4, 0.5) is 0 Å². The maximum Gasteiger partial charge on any atom is 1.00 e. The number of rotatable bonds is 1. The molecule has 1 unspecified atom stereocenters. The van der Waals surface area contributed by atoms with Gasteiger partial charge in [-0.05, 0) is 31.2 Å². The van der Waals surface area contributed by atoms with E-state index in [1.807, 2.05) is 18.4 Å². The molecule has 0 aromatic rings. The first kappa shape index (κ1) is 11.7. The number of nitrogens with zero attached hydrogens (tertiary/aromatic N) is 1. The SMILES string of the molecule is CN1CC[CH-]C1C(=O)Cl.[Rb+]. The summed E-state index contributed by atoms with van der Waals surface area (Å²) in [4.78, 5) is 12.5. The van der Waals surface area contributed by atoms with Gasteiger partial charge in [-0.15, -0.1) is 0 Å². The summed E-state index contributed by atoms with van der Waals surface area (Å²) >= 11 is 5.27. The Morgan fingerprint density at radius 2 is 2.40 bits per heavy atom. The van der Waals surface area contributed by atoms with Crippen molar-refractivity contribution in [1.29, 1.82) is 0 Å². The third kappa shape index (κ3) is 2.99. The average molecular weight is 232 g/mol. The average Bonchev–Trinajstić information content (AvgIpc) is 2.13. The van der Waals surface area contributed by atoms with Gasteiger partial charge in [-0.1, -0.05) is 0 Å². The Morgan fingerprint density at radius 3 is 2.60 bits per heavy atom. The molecule has 52 valence electrons. The number of hydrogen-bond donors (Lipinski definition) is 0. The fourth-order valence-electron chi connectivity index (χ4n) is 1.02. The molecule has 1 aliphatic heterocycles. The Labute approximate surface area is 115 Å². The van der Waals surface area contributed by atoms with Gasteiger partial charge in [0, 0.05) is 0 Å². The number of carbonyl (C=O) groups excluding carboxylic acids is 1. The van der Waals surface area contributed by atoms with E-state index in [-0.39, 0.29) is 69.5 Å². The van der Waals surface area contributed by atoms with Crippen LogP contribution in [0.25, 0.3) is 0 Å². The molecular formula is C6H9ClNORb. The molecule has 0 aromatic carbocycles. The van der Waals surface area contributed by atoms with Crippen LogP contribution in [-0.4, -0.2) is 29.8 Å². The van der Waals surface area contributed by atoms with Gasteiger partial charge in [0.2, 0.25) is 5.24 Å². The smallest absolute Gasteiger partial charge is 0.327 e. The summed E-state index contributed by atoms with van der Waals surface area (Å²) in [5, 5.41) is -0.269. The van der Waals surface area contributed by atoms with Crippen LogP contribution >= 0.6 is 11.6 Å². The zero-order valence-electron chi connectivity index (χ0n) is 6.30. The number of hydrogen-bond acceptors (Lipinski definition) is 2. The van der Waals surface area contributed by atoms with Crippen molar-refractivity contribution in [3.63, 3.8) is 0 Å². The summed E-state index contributed by atoms with van der Waals surface area (Å²) in [6.07, 6.45) is 2.91. The van der Waals surface area contributed by atoms with E-state index >= 15 is 0 Å². The van der Waals surface area contributed by atoms with Gasteiger partial charge in [-0.25, -0.2) is 0 Å². The van der Waals surface area contributed by atoms with Crippen LogP contribution in [0.15, 0.2) is 0 Å². The molecule has 10 heavy (non-hydrogen) atoms. The number of likely N-dealkylation sites (N-methyl/N-ethyl adjacent to an activating group) is 1. The third-order valence-corrected chi connectivity index (χ3v) is 1.80. The van der Waals surface area contributed by atoms with Gasteiger partial charge >= 0.3 is 58.2 Å². The minimum absolute atomic E-state index is 0. The van der Waals surface area contributed by atoms with Gasteiger partial charge in [-0.2, -0.15) is 6.42 Å². The molecule has 0 amide bonds. The van der Waals surface area contributed by atoms with E-state index in [2.05, 4.69) is 0 Å². The van der Waals surface area contributed by atoms with Crippen LogP contribution in [-0.2, 0) is 4.79 Å². The van der Waals surface area contributed by atoms with Crippen LogP contribution < -0.4 is 58.2 Å². The summed E-state index contributed by atoms with van der Waals surface area (Å²) in [5.74, 6) is 0. The second-order valence-corrected chi connectivity index (χ2v) is 2.63. The van der Waals surface area contributed by atoms with Gasteiger partial charge in [0.1, 0.15) is 0 Å². The van der Waals surface area contributed by atoms with Crippen molar-refractivity contribution in [3.8, 4) is 0 Å². The molecule has 1 atom stereocenters. The first-order chi connectivity index (χ1) is 4.22. The molecule has 0 N–H and O–H groups in total.